The Kier molecular flexibility index (Phi) is 3.88. The Morgan fingerprint density at radius 1 is 1.34 bits per heavy atom. The van der Waals surface area contributed by atoms with Crippen molar-refractivity contribution in [3.63, 3.8) is 0 Å². The topological polar surface area (TPSA) is 111 Å². The van der Waals surface area contributed by atoms with Gasteiger partial charge in [-0.05, 0) is 44.9 Å². The number of anilines is 1. The predicted octanol–water partition coefficient (Wildman–Crippen LogP) is 1.46. The van der Waals surface area contributed by atoms with E-state index in [1.807, 2.05) is 18.7 Å². The normalized spacial score (nSPS) is 22.3. The molecule has 9 nitrogen and oxygen atoms in total. The lowest BCUT2D eigenvalue weighted by Crippen LogP contribution is -2.52. The Bertz CT molecular complexity index is 1120. The first kappa shape index (κ1) is 18.3. The average Bonchev–Trinajstić information content (AvgIpc) is 3.07. The molecule has 1 fully saturated rings. The number of hydrogen-bond donors (Lipinski definition) is 2. The van der Waals surface area contributed by atoms with Crippen molar-refractivity contribution in [1.29, 1.82) is 0 Å². The molecule has 5 rings (SSSR count). The van der Waals surface area contributed by atoms with Crippen LogP contribution in [0.15, 0.2) is 40.5 Å². The number of carbonyl (C=O) groups excluding carboxylic acids is 1. The van der Waals surface area contributed by atoms with Gasteiger partial charge < -0.3 is 4.90 Å². The van der Waals surface area contributed by atoms with Gasteiger partial charge in [0.15, 0.2) is 0 Å². The van der Waals surface area contributed by atoms with Crippen LogP contribution in [-0.4, -0.2) is 53.5 Å². The zero-order valence-corrected chi connectivity index (χ0v) is 17.0. The second kappa shape index (κ2) is 6.14. The molecule has 1 atom stereocenters. The van der Waals surface area contributed by atoms with Gasteiger partial charge in [-0.15, -0.1) is 0 Å². The highest BCUT2D eigenvalue weighted by Gasteiger charge is 2.43. The summed E-state index contributed by atoms with van der Waals surface area (Å²) in [6.45, 7) is 4.80. The smallest absolute Gasteiger partial charge is 0.263 e. The van der Waals surface area contributed by atoms with E-state index in [2.05, 4.69) is 19.9 Å². The minimum atomic E-state index is -3.70. The van der Waals surface area contributed by atoms with Gasteiger partial charge in [-0.3, -0.25) is 19.8 Å². The minimum Gasteiger partial charge on any atom is -0.307 e. The number of benzene rings is 1. The van der Waals surface area contributed by atoms with Gasteiger partial charge in [0.05, 0.1) is 41.5 Å². The van der Waals surface area contributed by atoms with Crippen LogP contribution in [0.1, 0.15) is 42.6 Å². The van der Waals surface area contributed by atoms with Crippen molar-refractivity contribution in [2.75, 3.05) is 11.4 Å². The number of amides is 1. The predicted molar refractivity (Wildman–Crippen MR) is 107 cm³/mol. The van der Waals surface area contributed by atoms with Crippen LogP contribution in [0, 0.1) is 0 Å². The third kappa shape index (κ3) is 3.03. The van der Waals surface area contributed by atoms with Crippen molar-refractivity contribution in [2.24, 2.45) is 4.99 Å². The van der Waals surface area contributed by atoms with Crippen LogP contribution in [0.3, 0.4) is 0 Å². The van der Waals surface area contributed by atoms with E-state index in [9.17, 15) is 13.2 Å². The minimum absolute atomic E-state index is 0.0784. The third-order valence-corrected chi connectivity index (χ3v) is 7.32. The number of nitrogens with zero attached hydrogens (tertiary/aromatic N) is 4. The highest BCUT2D eigenvalue weighted by atomic mass is 32.2. The fourth-order valence-corrected chi connectivity index (χ4v) is 5.28. The second-order valence-electron chi connectivity index (χ2n) is 8.20. The second-order valence-corrected chi connectivity index (χ2v) is 9.89. The Balaban J connectivity index is 1.56. The SMILES string of the molecule is C[C@@H]1CN=C2N(Cc3cn[nH]c3)C(=O)c3cc(S(=O)(=O)NC4(C)CC4)ccc3N21. The van der Waals surface area contributed by atoms with Crippen molar-refractivity contribution in [3.8, 4) is 0 Å². The number of sulfonamides is 1. The Morgan fingerprint density at radius 3 is 2.83 bits per heavy atom. The number of aliphatic imine (C=N–C) groups is 1. The molecule has 0 radical (unpaired) electrons. The molecule has 2 aliphatic heterocycles. The van der Waals surface area contributed by atoms with Gasteiger partial charge in [0.2, 0.25) is 16.0 Å². The monoisotopic (exact) mass is 414 g/mol. The summed E-state index contributed by atoms with van der Waals surface area (Å²) in [5.74, 6) is 0.329. The molecule has 3 heterocycles. The molecule has 0 unspecified atom stereocenters. The fraction of sp³-hybridized carbons (Fsp3) is 0.421. The van der Waals surface area contributed by atoms with Gasteiger partial charge in [-0.25, -0.2) is 13.1 Å². The number of carbonyl (C=O) groups is 1. The molecular weight excluding hydrogens is 392 g/mol. The summed E-state index contributed by atoms with van der Waals surface area (Å²) in [6, 6.07) is 4.84. The Morgan fingerprint density at radius 2 is 2.14 bits per heavy atom. The van der Waals surface area contributed by atoms with Crippen LogP contribution in [0.4, 0.5) is 5.69 Å². The van der Waals surface area contributed by atoms with E-state index in [1.54, 1.807) is 29.4 Å². The number of fused-ring (bicyclic) bond motifs is 3. The van der Waals surface area contributed by atoms with E-state index in [1.165, 1.54) is 6.07 Å². The number of rotatable bonds is 5. The standard InChI is InChI=1S/C19H22N6O3S/c1-12-8-20-18-24(11-13-9-21-22-10-13)17(26)15-7-14(3-4-16(15)25(12)18)29(27,28)23-19(2)5-6-19/h3-4,7,9-10,12,23H,5-6,8,11H2,1-2H3,(H,21,22)/t12-/m1/s1. The maximum Gasteiger partial charge on any atom is 0.263 e. The molecule has 1 aromatic heterocycles. The first-order valence-corrected chi connectivity index (χ1v) is 11.1. The summed E-state index contributed by atoms with van der Waals surface area (Å²) in [5, 5.41) is 6.69. The van der Waals surface area contributed by atoms with Crippen LogP contribution in [0.25, 0.3) is 0 Å². The van der Waals surface area contributed by atoms with E-state index < -0.39 is 10.0 Å². The van der Waals surface area contributed by atoms with Crippen LogP contribution in [0.2, 0.25) is 0 Å². The summed E-state index contributed by atoms with van der Waals surface area (Å²) >= 11 is 0. The van der Waals surface area contributed by atoms with Crippen molar-refractivity contribution in [1.82, 2.24) is 19.8 Å². The molecule has 3 aliphatic rings. The third-order valence-electron chi connectivity index (χ3n) is 5.68. The molecule has 0 saturated heterocycles. The van der Waals surface area contributed by atoms with Gasteiger partial charge in [0.1, 0.15) is 0 Å². The van der Waals surface area contributed by atoms with Crippen molar-refractivity contribution < 1.29 is 13.2 Å². The molecule has 29 heavy (non-hydrogen) atoms. The Hall–Kier alpha value is -2.72. The van der Waals surface area contributed by atoms with Gasteiger partial charge in [0.25, 0.3) is 5.91 Å². The highest BCUT2D eigenvalue weighted by molar-refractivity contribution is 7.89. The van der Waals surface area contributed by atoms with E-state index in [4.69, 9.17) is 0 Å². The van der Waals surface area contributed by atoms with E-state index in [-0.39, 0.29) is 22.4 Å². The molecule has 2 N–H and O–H groups in total. The van der Waals surface area contributed by atoms with Crippen LogP contribution in [0.5, 0.6) is 0 Å². The van der Waals surface area contributed by atoms with Gasteiger partial charge >= 0.3 is 0 Å². The molecule has 10 heteroatoms. The number of guanidine groups is 1. The summed E-state index contributed by atoms with van der Waals surface area (Å²) in [6.07, 6.45) is 5.03. The number of aromatic nitrogens is 2. The lowest BCUT2D eigenvalue weighted by Gasteiger charge is -2.37. The van der Waals surface area contributed by atoms with Crippen molar-refractivity contribution in [2.45, 2.75) is 49.7 Å². The summed E-state index contributed by atoms with van der Waals surface area (Å²) in [4.78, 5) is 21.6. The quantitative estimate of drug-likeness (QED) is 0.770. The first-order chi connectivity index (χ1) is 13.8. The number of nitrogens with one attached hydrogen (secondary N) is 2. The number of hydrogen-bond acceptors (Lipinski definition) is 6. The molecule has 1 aliphatic carbocycles. The zero-order chi connectivity index (χ0) is 20.4. The lowest BCUT2D eigenvalue weighted by molar-refractivity contribution is 0.0833. The largest absolute Gasteiger partial charge is 0.307 e. The lowest BCUT2D eigenvalue weighted by atomic mass is 10.1. The van der Waals surface area contributed by atoms with E-state index in [0.29, 0.717) is 30.3 Å². The molecule has 0 spiro atoms. The maximum atomic E-state index is 13.3. The van der Waals surface area contributed by atoms with E-state index in [0.717, 1.165) is 18.4 Å². The summed E-state index contributed by atoms with van der Waals surface area (Å²) in [5.41, 5.74) is 1.52. The van der Waals surface area contributed by atoms with Crippen LogP contribution < -0.4 is 9.62 Å². The van der Waals surface area contributed by atoms with Crippen molar-refractivity contribution in [3.05, 3.63) is 41.7 Å². The van der Waals surface area contributed by atoms with Crippen LogP contribution >= 0.6 is 0 Å². The number of H-pyrrole nitrogens is 1. The number of aromatic amines is 1. The molecular formula is C19H22N6O3S. The zero-order valence-electron chi connectivity index (χ0n) is 16.2. The van der Waals surface area contributed by atoms with Crippen LogP contribution in [-0.2, 0) is 16.6 Å². The van der Waals surface area contributed by atoms with Gasteiger partial charge in [-0.1, -0.05) is 0 Å². The first-order valence-electron chi connectivity index (χ1n) is 9.59. The average molecular weight is 414 g/mol. The molecule has 2 aromatic rings. The summed E-state index contributed by atoms with van der Waals surface area (Å²) in [7, 11) is -3.70. The molecule has 1 saturated carbocycles. The van der Waals surface area contributed by atoms with Gasteiger partial charge in [-0.2, -0.15) is 5.10 Å². The Labute approximate surface area is 168 Å². The van der Waals surface area contributed by atoms with Crippen molar-refractivity contribution >= 4 is 27.6 Å². The highest BCUT2D eigenvalue weighted by Crippen LogP contribution is 2.38. The maximum absolute atomic E-state index is 13.3. The summed E-state index contributed by atoms with van der Waals surface area (Å²) < 4.78 is 28.4. The molecule has 1 aromatic carbocycles. The molecule has 0 bridgehead atoms. The fourth-order valence-electron chi connectivity index (χ4n) is 3.79. The molecule has 1 amide bonds. The molecule has 152 valence electrons. The van der Waals surface area contributed by atoms with E-state index >= 15 is 0 Å². The van der Waals surface area contributed by atoms with Gasteiger partial charge in [0, 0.05) is 17.3 Å².